The van der Waals surface area contributed by atoms with Gasteiger partial charge in [0.05, 0.1) is 0 Å². The SMILES string of the molecule is CCN(C)C(=O)C(C)Nc1ccc(C(C)=O)cc1. The number of nitrogens with zero attached hydrogens (tertiary/aromatic N) is 1. The highest BCUT2D eigenvalue weighted by atomic mass is 16.2. The molecule has 1 N–H and O–H groups in total. The van der Waals surface area contributed by atoms with E-state index in [4.69, 9.17) is 0 Å². The van der Waals surface area contributed by atoms with Crippen molar-refractivity contribution in [1.82, 2.24) is 4.90 Å². The molecule has 4 nitrogen and oxygen atoms in total. The second-order valence-corrected chi connectivity index (χ2v) is 4.35. The predicted molar refractivity (Wildman–Crippen MR) is 72.8 cm³/mol. The number of Topliss-reactive ketones (excluding diaryl/α,β-unsaturated/α-hetero) is 1. The summed E-state index contributed by atoms with van der Waals surface area (Å²) >= 11 is 0. The van der Waals surface area contributed by atoms with Crippen LogP contribution in [0, 0.1) is 0 Å². The van der Waals surface area contributed by atoms with Crippen LogP contribution in [0.3, 0.4) is 0 Å². The van der Waals surface area contributed by atoms with E-state index in [1.54, 1.807) is 24.1 Å². The highest BCUT2D eigenvalue weighted by molar-refractivity contribution is 5.94. The molecule has 0 fully saturated rings. The Hall–Kier alpha value is -1.84. The topological polar surface area (TPSA) is 49.4 Å². The molecular formula is C14H20N2O2. The van der Waals surface area contributed by atoms with Gasteiger partial charge in [0.2, 0.25) is 5.91 Å². The molecule has 0 saturated heterocycles. The van der Waals surface area contributed by atoms with Crippen molar-refractivity contribution in [3.05, 3.63) is 29.8 Å². The van der Waals surface area contributed by atoms with Gasteiger partial charge in [-0.25, -0.2) is 0 Å². The number of ketones is 1. The molecule has 0 aliphatic rings. The van der Waals surface area contributed by atoms with Crippen molar-refractivity contribution in [2.75, 3.05) is 18.9 Å². The molecule has 0 saturated carbocycles. The molecule has 0 bridgehead atoms. The van der Waals surface area contributed by atoms with E-state index in [1.807, 2.05) is 26.0 Å². The maximum Gasteiger partial charge on any atom is 0.244 e. The molecule has 1 rings (SSSR count). The van der Waals surface area contributed by atoms with E-state index in [0.29, 0.717) is 12.1 Å². The van der Waals surface area contributed by atoms with Gasteiger partial charge in [0, 0.05) is 24.8 Å². The van der Waals surface area contributed by atoms with E-state index in [1.165, 1.54) is 6.92 Å². The average molecular weight is 248 g/mol. The highest BCUT2D eigenvalue weighted by Crippen LogP contribution is 2.11. The van der Waals surface area contributed by atoms with E-state index < -0.39 is 0 Å². The maximum atomic E-state index is 11.9. The van der Waals surface area contributed by atoms with Gasteiger partial charge in [-0.1, -0.05) is 0 Å². The van der Waals surface area contributed by atoms with E-state index in [0.717, 1.165) is 5.69 Å². The number of anilines is 1. The van der Waals surface area contributed by atoms with E-state index in [2.05, 4.69) is 5.32 Å². The Kier molecular flexibility index (Phi) is 4.89. The Bertz CT molecular complexity index is 426. The molecule has 0 aromatic heterocycles. The zero-order chi connectivity index (χ0) is 13.7. The van der Waals surface area contributed by atoms with Crippen molar-refractivity contribution in [2.45, 2.75) is 26.8 Å². The molecular weight excluding hydrogens is 228 g/mol. The van der Waals surface area contributed by atoms with Gasteiger partial charge < -0.3 is 10.2 Å². The lowest BCUT2D eigenvalue weighted by atomic mass is 10.1. The van der Waals surface area contributed by atoms with Gasteiger partial charge in [-0.2, -0.15) is 0 Å². The minimum atomic E-state index is -0.280. The van der Waals surface area contributed by atoms with Crippen LogP contribution in [0.2, 0.25) is 0 Å². The smallest absolute Gasteiger partial charge is 0.244 e. The lowest BCUT2D eigenvalue weighted by molar-refractivity contribution is -0.130. The van der Waals surface area contributed by atoms with Gasteiger partial charge in [0.1, 0.15) is 6.04 Å². The number of carbonyl (C=O) groups excluding carboxylic acids is 2. The zero-order valence-corrected chi connectivity index (χ0v) is 11.4. The van der Waals surface area contributed by atoms with Gasteiger partial charge in [-0.05, 0) is 45.0 Å². The largest absolute Gasteiger partial charge is 0.374 e. The van der Waals surface area contributed by atoms with Crippen LogP contribution in [-0.4, -0.2) is 36.2 Å². The fraction of sp³-hybridized carbons (Fsp3) is 0.429. The Balaban J connectivity index is 2.67. The van der Waals surface area contributed by atoms with Crippen molar-refractivity contribution in [1.29, 1.82) is 0 Å². The first kappa shape index (κ1) is 14.2. The fourth-order valence-electron chi connectivity index (χ4n) is 1.60. The number of nitrogens with one attached hydrogen (secondary N) is 1. The molecule has 0 aliphatic carbocycles. The third-order valence-corrected chi connectivity index (χ3v) is 2.90. The minimum Gasteiger partial charge on any atom is -0.374 e. The van der Waals surface area contributed by atoms with Crippen molar-refractivity contribution >= 4 is 17.4 Å². The quantitative estimate of drug-likeness (QED) is 0.812. The number of rotatable bonds is 5. The highest BCUT2D eigenvalue weighted by Gasteiger charge is 2.15. The molecule has 1 atom stereocenters. The average Bonchev–Trinajstić information content (AvgIpc) is 2.37. The summed E-state index contributed by atoms with van der Waals surface area (Å²) < 4.78 is 0. The summed E-state index contributed by atoms with van der Waals surface area (Å²) in [6.07, 6.45) is 0. The molecule has 18 heavy (non-hydrogen) atoms. The monoisotopic (exact) mass is 248 g/mol. The van der Waals surface area contributed by atoms with Crippen LogP contribution in [0.4, 0.5) is 5.69 Å². The molecule has 0 aliphatic heterocycles. The normalized spacial score (nSPS) is 11.8. The molecule has 0 heterocycles. The van der Waals surface area contributed by atoms with E-state index in [9.17, 15) is 9.59 Å². The molecule has 4 heteroatoms. The molecule has 0 spiro atoms. The third-order valence-electron chi connectivity index (χ3n) is 2.90. The lowest BCUT2D eigenvalue weighted by Gasteiger charge is -2.21. The molecule has 98 valence electrons. The van der Waals surface area contributed by atoms with Crippen molar-refractivity contribution < 1.29 is 9.59 Å². The summed E-state index contributed by atoms with van der Waals surface area (Å²) in [4.78, 5) is 24.7. The van der Waals surface area contributed by atoms with Crippen molar-refractivity contribution in [3.8, 4) is 0 Å². The van der Waals surface area contributed by atoms with Crippen LogP contribution in [0.25, 0.3) is 0 Å². The summed E-state index contributed by atoms with van der Waals surface area (Å²) in [5.74, 6) is 0.0875. The minimum absolute atomic E-state index is 0.0383. The number of hydrogen-bond acceptors (Lipinski definition) is 3. The Morgan fingerprint density at radius 2 is 1.83 bits per heavy atom. The summed E-state index contributed by atoms with van der Waals surface area (Å²) in [5.41, 5.74) is 1.51. The second kappa shape index (κ2) is 6.19. The first-order valence-electron chi connectivity index (χ1n) is 6.08. The Morgan fingerprint density at radius 3 is 2.28 bits per heavy atom. The standard InChI is InChI=1S/C14H20N2O2/c1-5-16(4)14(18)10(2)15-13-8-6-12(7-9-13)11(3)17/h6-10,15H,5H2,1-4H3. The predicted octanol–water partition coefficient (Wildman–Crippen LogP) is 2.17. The van der Waals surface area contributed by atoms with Gasteiger partial charge in [-0.3, -0.25) is 9.59 Å². The summed E-state index contributed by atoms with van der Waals surface area (Å²) in [6.45, 7) is 5.98. The number of hydrogen-bond donors (Lipinski definition) is 1. The first-order chi connectivity index (χ1) is 8.45. The Labute approximate surface area is 108 Å². The van der Waals surface area contributed by atoms with Gasteiger partial charge in [0.25, 0.3) is 0 Å². The van der Waals surface area contributed by atoms with E-state index in [-0.39, 0.29) is 17.7 Å². The molecule has 0 radical (unpaired) electrons. The van der Waals surface area contributed by atoms with Gasteiger partial charge >= 0.3 is 0 Å². The lowest BCUT2D eigenvalue weighted by Crippen LogP contribution is -2.38. The van der Waals surface area contributed by atoms with E-state index >= 15 is 0 Å². The second-order valence-electron chi connectivity index (χ2n) is 4.35. The van der Waals surface area contributed by atoms with Crippen LogP contribution in [0.15, 0.2) is 24.3 Å². The van der Waals surface area contributed by atoms with Crippen molar-refractivity contribution in [3.63, 3.8) is 0 Å². The van der Waals surface area contributed by atoms with Crippen LogP contribution >= 0.6 is 0 Å². The van der Waals surface area contributed by atoms with Crippen LogP contribution in [-0.2, 0) is 4.79 Å². The summed E-state index contributed by atoms with van der Waals surface area (Å²) in [7, 11) is 1.78. The van der Waals surface area contributed by atoms with Crippen LogP contribution < -0.4 is 5.32 Å². The first-order valence-corrected chi connectivity index (χ1v) is 6.08. The molecule has 1 aromatic rings. The number of benzene rings is 1. The fourth-order valence-corrected chi connectivity index (χ4v) is 1.60. The number of carbonyl (C=O) groups is 2. The van der Waals surface area contributed by atoms with Crippen LogP contribution in [0.1, 0.15) is 31.1 Å². The Morgan fingerprint density at radius 1 is 1.28 bits per heavy atom. The zero-order valence-electron chi connectivity index (χ0n) is 11.4. The molecule has 1 aromatic carbocycles. The van der Waals surface area contributed by atoms with Crippen molar-refractivity contribution in [2.24, 2.45) is 0 Å². The number of amides is 1. The van der Waals surface area contributed by atoms with Gasteiger partial charge in [-0.15, -0.1) is 0 Å². The number of likely N-dealkylation sites (N-methyl/N-ethyl adjacent to an activating group) is 1. The maximum absolute atomic E-state index is 11.9. The third kappa shape index (κ3) is 3.58. The van der Waals surface area contributed by atoms with Gasteiger partial charge in [0.15, 0.2) is 5.78 Å². The molecule has 1 unspecified atom stereocenters. The van der Waals surface area contributed by atoms with Crippen LogP contribution in [0.5, 0.6) is 0 Å². The molecule has 1 amide bonds. The summed E-state index contributed by atoms with van der Waals surface area (Å²) in [6, 6.07) is 6.86. The summed E-state index contributed by atoms with van der Waals surface area (Å²) in [5, 5.41) is 3.12.